The van der Waals surface area contributed by atoms with Gasteiger partial charge in [-0.15, -0.1) is 0 Å². The Morgan fingerprint density at radius 1 is 0.857 bits per heavy atom. The first kappa shape index (κ1) is 15.6. The summed E-state index contributed by atoms with van der Waals surface area (Å²) in [5.74, 6) is -0.260. The molecule has 2 saturated heterocycles. The molecule has 1 unspecified atom stereocenters. The van der Waals surface area contributed by atoms with Gasteiger partial charge in [0.25, 0.3) is 0 Å². The highest BCUT2D eigenvalue weighted by atomic mass is 19.4. The number of hydrogen-bond donors (Lipinski definition) is 1. The van der Waals surface area contributed by atoms with Crippen molar-refractivity contribution in [2.45, 2.75) is 69.6 Å². The molecule has 122 valence electrons. The van der Waals surface area contributed by atoms with Crippen LogP contribution in [0.2, 0.25) is 0 Å². The minimum atomic E-state index is -3.98. The van der Waals surface area contributed by atoms with Crippen molar-refractivity contribution in [3.8, 4) is 0 Å². The van der Waals surface area contributed by atoms with Gasteiger partial charge < -0.3 is 10.2 Å². The average Bonchev–Trinajstić information content (AvgIpc) is 3.01. The molecule has 3 rings (SSSR count). The maximum Gasteiger partial charge on any atom is 0.391 e. The van der Waals surface area contributed by atoms with Gasteiger partial charge in [-0.25, -0.2) is 0 Å². The fourth-order valence-corrected chi connectivity index (χ4v) is 4.57. The van der Waals surface area contributed by atoms with Gasteiger partial charge in [-0.1, -0.05) is 0 Å². The average molecular weight is 304 g/mol. The number of nitrogens with one attached hydrogen (secondary N) is 1. The molecule has 2 nitrogen and oxygen atoms in total. The van der Waals surface area contributed by atoms with Gasteiger partial charge in [0.05, 0.1) is 5.92 Å². The summed E-state index contributed by atoms with van der Waals surface area (Å²) in [5, 5.41) is 3.60. The van der Waals surface area contributed by atoms with Gasteiger partial charge in [-0.3, -0.25) is 0 Å². The van der Waals surface area contributed by atoms with E-state index in [1.165, 1.54) is 25.7 Å². The maximum absolute atomic E-state index is 12.7. The fourth-order valence-electron chi connectivity index (χ4n) is 4.57. The van der Waals surface area contributed by atoms with Gasteiger partial charge in [0.2, 0.25) is 0 Å². The van der Waals surface area contributed by atoms with Crippen molar-refractivity contribution < 1.29 is 13.2 Å². The lowest BCUT2D eigenvalue weighted by Gasteiger charge is -2.42. The van der Waals surface area contributed by atoms with E-state index in [-0.39, 0.29) is 0 Å². The molecule has 3 aliphatic rings. The summed E-state index contributed by atoms with van der Waals surface area (Å²) >= 11 is 0. The molecule has 1 aliphatic carbocycles. The molecule has 0 spiro atoms. The Morgan fingerprint density at radius 2 is 1.52 bits per heavy atom. The molecule has 5 heteroatoms. The summed E-state index contributed by atoms with van der Waals surface area (Å²) in [6.45, 7) is 3.33. The largest absolute Gasteiger partial charge is 0.391 e. The lowest BCUT2D eigenvalue weighted by atomic mass is 9.82. The third-order valence-electron chi connectivity index (χ3n) is 5.92. The van der Waals surface area contributed by atoms with Crippen LogP contribution in [0.25, 0.3) is 0 Å². The second-order valence-corrected chi connectivity index (χ2v) is 7.12. The number of likely N-dealkylation sites (tertiary alicyclic amines) is 1. The van der Waals surface area contributed by atoms with E-state index in [0.29, 0.717) is 24.9 Å². The van der Waals surface area contributed by atoms with Crippen molar-refractivity contribution in [2.24, 2.45) is 11.8 Å². The van der Waals surface area contributed by atoms with Crippen molar-refractivity contribution in [1.82, 2.24) is 10.2 Å². The predicted octanol–water partition coefficient (Wildman–Crippen LogP) is 3.57. The Bertz CT molecular complexity index is 323. The molecule has 0 aromatic heterocycles. The van der Waals surface area contributed by atoms with Crippen LogP contribution in [0.3, 0.4) is 0 Å². The van der Waals surface area contributed by atoms with Crippen LogP contribution in [-0.2, 0) is 0 Å². The minimum Gasteiger partial charge on any atom is -0.314 e. The monoisotopic (exact) mass is 304 g/mol. The number of halogens is 3. The van der Waals surface area contributed by atoms with Crippen molar-refractivity contribution in [3.05, 3.63) is 0 Å². The predicted molar refractivity (Wildman–Crippen MR) is 77.1 cm³/mol. The Labute approximate surface area is 125 Å². The molecule has 1 saturated carbocycles. The standard InChI is InChI=1S/C16H27F3N2/c17-16(18,19)13-3-5-14(6-4-13)21-10-7-12(8-11-21)15-2-1-9-20-15/h12-15,20H,1-11H2. The molecule has 0 aromatic rings. The number of nitrogens with zero attached hydrogens (tertiary/aromatic N) is 1. The van der Waals surface area contributed by atoms with Crippen LogP contribution in [0, 0.1) is 11.8 Å². The van der Waals surface area contributed by atoms with Crippen molar-refractivity contribution >= 4 is 0 Å². The van der Waals surface area contributed by atoms with E-state index >= 15 is 0 Å². The molecular formula is C16H27F3N2. The molecule has 0 amide bonds. The highest BCUT2D eigenvalue weighted by Gasteiger charge is 2.42. The van der Waals surface area contributed by atoms with E-state index in [9.17, 15) is 13.2 Å². The highest BCUT2D eigenvalue weighted by molar-refractivity contribution is 4.89. The minimum absolute atomic E-state index is 0.332. The van der Waals surface area contributed by atoms with Gasteiger partial charge >= 0.3 is 6.18 Å². The summed E-state index contributed by atoms with van der Waals surface area (Å²) in [6, 6.07) is 1.11. The molecule has 2 aliphatic heterocycles. The van der Waals surface area contributed by atoms with Crippen LogP contribution >= 0.6 is 0 Å². The van der Waals surface area contributed by atoms with Crippen LogP contribution in [0.1, 0.15) is 51.4 Å². The van der Waals surface area contributed by atoms with E-state index < -0.39 is 12.1 Å². The first-order valence-electron chi connectivity index (χ1n) is 8.58. The molecule has 2 heterocycles. The topological polar surface area (TPSA) is 15.3 Å². The Hall–Kier alpha value is -0.290. The van der Waals surface area contributed by atoms with Gasteiger partial charge in [-0.05, 0) is 76.9 Å². The van der Waals surface area contributed by atoms with E-state index in [4.69, 9.17) is 0 Å². The quantitative estimate of drug-likeness (QED) is 0.839. The SMILES string of the molecule is FC(F)(F)C1CCC(N2CCC(C3CCCN3)CC2)CC1. The summed E-state index contributed by atoms with van der Waals surface area (Å²) in [7, 11) is 0. The number of piperidine rings is 1. The second-order valence-electron chi connectivity index (χ2n) is 7.12. The third kappa shape index (κ3) is 3.73. The normalized spacial score (nSPS) is 37.0. The number of rotatable bonds is 2. The summed E-state index contributed by atoms with van der Waals surface area (Å²) in [6.07, 6.45) is 3.19. The van der Waals surface area contributed by atoms with Crippen LogP contribution in [0.15, 0.2) is 0 Å². The zero-order chi connectivity index (χ0) is 14.9. The Kier molecular flexibility index (Phi) is 4.79. The van der Waals surface area contributed by atoms with Crippen LogP contribution in [0.5, 0.6) is 0 Å². The zero-order valence-corrected chi connectivity index (χ0v) is 12.7. The van der Waals surface area contributed by atoms with Gasteiger partial charge in [-0.2, -0.15) is 13.2 Å². The molecule has 0 aromatic carbocycles. The van der Waals surface area contributed by atoms with Crippen LogP contribution < -0.4 is 5.32 Å². The second kappa shape index (κ2) is 6.45. The molecular weight excluding hydrogens is 277 g/mol. The van der Waals surface area contributed by atoms with E-state index in [1.54, 1.807) is 0 Å². The lowest BCUT2D eigenvalue weighted by molar-refractivity contribution is -0.184. The lowest BCUT2D eigenvalue weighted by Crippen LogP contribution is -2.47. The third-order valence-corrected chi connectivity index (χ3v) is 5.92. The van der Waals surface area contributed by atoms with Crippen molar-refractivity contribution in [2.75, 3.05) is 19.6 Å². The smallest absolute Gasteiger partial charge is 0.314 e. The highest BCUT2D eigenvalue weighted by Crippen LogP contribution is 2.39. The molecule has 21 heavy (non-hydrogen) atoms. The number of alkyl halides is 3. The van der Waals surface area contributed by atoms with Crippen LogP contribution in [-0.4, -0.2) is 42.8 Å². The van der Waals surface area contributed by atoms with Gasteiger partial charge in [0.1, 0.15) is 0 Å². The molecule has 1 N–H and O–H groups in total. The van der Waals surface area contributed by atoms with Gasteiger partial charge in [0.15, 0.2) is 0 Å². The fraction of sp³-hybridized carbons (Fsp3) is 1.00. The van der Waals surface area contributed by atoms with Crippen molar-refractivity contribution in [3.63, 3.8) is 0 Å². The van der Waals surface area contributed by atoms with E-state index in [2.05, 4.69) is 10.2 Å². The van der Waals surface area contributed by atoms with Crippen molar-refractivity contribution in [1.29, 1.82) is 0 Å². The first-order chi connectivity index (χ1) is 10.0. The van der Waals surface area contributed by atoms with Crippen LogP contribution in [0.4, 0.5) is 13.2 Å². The summed E-state index contributed by atoms with van der Waals surface area (Å²) in [5.41, 5.74) is 0. The Balaban J connectivity index is 1.43. The molecule has 3 fully saturated rings. The Morgan fingerprint density at radius 3 is 2.05 bits per heavy atom. The number of hydrogen-bond acceptors (Lipinski definition) is 2. The summed E-state index contributed by atoms with van der Waals surface area (Å²) in [4.78, 5) is 2.47. The summed E-state index contributed by atoms with van der Waals surface area (Å²) < 4.78 is 38.1. The first-order valence-corrected chi connectivity index (χ1v) is 8.58. The van der Waals surface area contributed by atoms with Gasteiger partial charge in [0, 0.05) is 12.1 Å². The molecule has 1 atom stereocenters. The maximum atomic E-state index is 12.7. The molecule has 0 radical (unpaired) electrons. The zero-order valence-electron chi connectivity index (χ0n) is 12.7. The molecule has 0 bridgehead atoms. The van der Waals surface area contributed by atoms with E-state index in [1.807, 2.05) is 0 Å². The van der Waals surface area contributed by atoms with E-state index in [0.717, 1.165) is 38.4 Å².